The Hall–Kier alpha value is -6.52. The summed E-state index contributed by atoms with van der Waals surface area (Å²) in [6, 6.07) is -1.56. The lowest BCUT2D eigenvalue weighted by atomic mass is 9.96. The molecule has 0 spiro atoms. The standard InChI is InChI=1S/C46H73N13O11S2.C2H4O2/c1-5-26(4)38-45(69)54-30(14-9-17-35(48)60)41(65)56-32(21-36(49)61)42(66)57-33(24-72-71-23-28(47)39(63)55-31(43(67)58-38)20-27-12-7-6-8-13-27)46(70)59-19-11-16-34(59)44(68)53-29(15-10-18-51-25(2)3)40(64)52-22-37(50)62;1-2(3)4/h6-8,12-13,25-26,28-34,38,51H,5,9-11,14-24,47H2,1-4H3,(H2,48,60)(H2,49,61)(H2,50,62)(H,52,64)(H,53,68)(H,54,69)(H,55,63)(H,56,65)(H,57,66)(H,58,67);1H3,(H,3,4)/t26-,28-,29-,30?,31?,32-,33?,34-,38-;/m0./s1. The van der Waals surface area contributed by atoms with Crippen LogP contribution < -0.4 is 65.5 Å². The van der Waals surface area contributed by atoms with Crippen LogP contribution in [0.3, 0.4) is 0 Å². The quantitative estimate of drug-likeness (QED) is 0.0428. The minimum atomic E-state index is -1.72. The summed E-state index contributed by atoms with van der Waals surface area (Å²) in [5.74, 6) is -10.4. The number of rotatable bonds is 21. The highest BCUT2D eigenvalue weighted by Crippen LogP contribution is 2.26. The molecule has 3 rings (SSSR count). The van der Waals surface area contributed by atoms with E-state index < -0.39 is 138 Å². The fraction of sp³-hybridized carbons (Fsp3) is 0.625. The maximum Gasteiger partial charge on any atom is 0.300 e. The number of primary amides is 3. The number of likely N-dealkylation sites (tertiary alicyclic amines) is 1. The summed E-state index contributed by atoms with van der Waals surface area (Å²) >= 11 is 0. The molecule has 1 aromatic carbocycles. The zero-order valence-electron chi connectivity index (χ0n) is 43.7. The highest BCUT2D eigenvalue weighted by molar-refractivity contribution is 8.76. The molecule has 0 aliphatic carbocycles. The lowest BCUT2D eigenvalue weighted by Gasteiger charge is -2.31. The molecular weight excluding hydrogens is 1030 g/mol. The van der Waals surface area contributed by atoms with Crippen molar-refractivity contribution in [2.24, 2.45) is 28.9 Å². The van der Waals surface area contributed by atoms with Gasteiger partial charge in [0.15, 0.2) is 0 Å². The van der Waals surface area contributed by atoms with Crippen LogP contribution >= 0.6 is 21.6 Å². The first kappa shape index (κ1) is 65.6. The third-order valence-electron chi connectivity index (χ3n) is 11.9. The van der Waals surface area contributed by atoms with Gasteiger partial charge in [-0.3, -0.25) is 57.5 Å². The second-order valence-corrected chi connectivity index (χ2v) is 21.3. The Morgan fingerprint density at radius 3 is 1.99 bits per heavy atom. The van der Waals surface area contributed by atoms with Crippen LogP contribution in [0.2, 0.25) is 0 Å². The van der Waals surface area contributed by atoms with Crippen molar-refractivity contribution in [1.82, 2.24) is 47.4 Å². The lowest BCUT2D eigenvalue weighted by molar-refractivity contribution is -0.142. The number of nitrogens with one attached hydrogen (secondary N) is 8. The van der Waals surface area contributed by atoms with Gasteiger partial charge in [0.2, 0.25) is 65.0 Å². The van der Waals surface area contributed by atoms with Crippen LogP contribution in [0.15, 0.2) is 30.3 Å². The molecule has 11 amide bonds. The predicted molar refractivity (Wildman–Crippen MR) is 284 cm³/mol. The SMILES string of the molecule is CC(=O)O.CC[C@H](C)[C@@H]1NC(=O)C(Cc2ccccc2)NC(=O)[C@@H](N)CSSCC(C(=O)N2CCC[C@H]2C(=O)N[C@@H](CCCNC(C)C)C(=O)NCC(N)=O)NC(=O)[C@H](CC(N)=O)NC(=O)C(CCCC(N)=O)NC1=O. The van der Waals surface area contributed by atoms with Gasteiger partial charge in [-0.2, -0.15) is 0 Å². The summed E-state index contributed by atoms with van der Waals surface area (Å²) in [6.07, 6.45) is 0.419. The molecule has 76 heavy (non-hydrogen) atoms. The van der Waals surface area contributed by atoms with Crippen LogP contribution in [0.25, 0.3) is 0 Å². The summed E-state index contributed by atoms with van der Waals surface area (Å²) < 4.78 is 0. The molecule has 17 N–H and O–H groups in total. The maximum atomic E-state index is 14.6. The van der Waals surface area contributed by atoms with Gasteiger partial charge in [-0.15, -0.1) is 0 Å². The number of hydrogen-bond acceptors (Lipinski definition) is 16. The zero-order chi connectivity index (χ0) is 57.1. The van der Waals surface area contributed by atoms with Gasteiger partial charge < -0.3 is 75.5 Å². The van der Waals surface area contributed by atoms with Crippen molar-refractivity contribution in [2.75, 3.05) is 31.1 Å². The smallest absolute Gasteiger partial charge is 0.300 e. The van der Waals surface area contributed by atoms with E-state index >= 15 is 0 Å². The topological polar surface area (TPSA) is 429 Å². The number of amides is 11. The van der Waals surface area contributed by atoms with Crippen molar-refractivity contribution >= 4 is 92.5 Å². The Labute approximate surface area is 450 Å². The molecule has 2 aliphatic heterocycles. The first-order valence-corrected chi connectivity index (χ1v) is 27.6. The van der Waals surface area contributed by atoms with E-state index in [0.29, 0.717) is 31.4 Å². The highest BCUT2D eigenvalue weighted by atomic mass is 33.1. The average Bonchev–Trinajstić information content (AvgIpc) is 3.85. The van der Waals surface area contributed by atoms with E-state index in [1.54, 1.807) is 44.2 Å². The van der Waals surface area contributed by atoms with E-state index in [2.05, 4.69) is 42.5 Å². The van der Waals surface area contributed by atoms with Crippen molar-refractivity contribution in [2.45, 2.75) is 153 Å². The fourth-order valence-electron chi connectivity index (χ4n) is 7.78. The molecule has 28 heteroatoms. The Kier molecular flexibility index (Phi) is 29.5. The number of nitrogens with two attached hydrogens (primary N) is 4. The minimum absolute atomic E-state index is 0.00361. The summed E-state index contributed by atoms with van der Waals surface area (Å²) in [4.78, 5) is 158. The molecule has 2 aliphatic rings. The molecule has 0 radical (unpaired) electrons. The normalized spacial score (nSPS) is 22.9. The molecule has 0 aromatic heterocycles. The van der Waals surface area contributed by atoms with E-state index in [4.69, 9.17) is 32.8 Å². The number of carboxylic acid groups (broad SMARTS) is 1. The molecule has 2 saturated heterocycles. The molecular formula is C48H77N13O13S2. The number of aliphatic carboxylic acids is 1. The third-order valence-corrected chi connectivity index (χ3v) is 14.4. The molecule has 424 valence electrons. The van der Waals surface area contributed by atoms with Crippen molar-refractivity contribution in [3.8, 4) is 0 Å². The summed E-state index contributed by atoms with van der Waals surface area (Å²) in [5.41, 5.74) is 23.2. The van der Waals surface area contributed by atoms with Gasteiger partial charge in [0.1, 0.15) is 42.3 Å². The number of carbonyl (C=O) groups excluding carboxylic acids is 11. The molecule has 0 saturated carbocycles. The second-order valence-electron chi connectivity index (χ2n) is 18.7. The van der Waals surface area contributed by atoms with Gasteiger partial charge in [0.05, 0.1) is 19.0 Å². The number of carboxylic acids is 1. The number of benzene rings is 1. The average molecular weight is 1110 g/mol. The molecule has 2 fully saturated rings. The molecule has 9 atom stereocenters. The second kappa shape index (κ2) is 34.2. The van der Waals surface area contributed by atoms with Crippen molar-refractivity contribution in [3.05, 3.63) is 35.9 Å². The monoisotopic (exact) mass is 1110 g/mol. The summed E-state index contributed by atoms with van der Waals surface area (Å²) in [6.45, 7) is 8.56. The van der Waals surface area contributed by atoms with Crippen LogP contribution in [0.4, 0.5) is 0 Å². The highest BCUT2D eigenvalue weighted by Gasteiger charge is 2.41. The van der Waals surface area contributed by atoms with Gasteiger partial charge in [0, 0.05) is 43.9 Å². The lowest BCUT2D eigenvalue weighted by Crippen LogP contribution is -2.61. The third kappa shape index (κ3) is 24.4. The van der Waals surface area contributed by atoms with Crippen LogP contribution in [0.1, 0.15) is 98.0 Å². The minimum Gasteiger partial charge on any atom is -0.481 e. The van der Waals surface area contributed by atoms with Crippen LogP contribution in [0, 0.1) is 5.92 Å². The molecule has 26 nitrogen and oxygen atoms in total. The van der Waals surface area contributed by atoms with Gasteiger partial charge in [-0.25, -0.2) is 0 Å². The van der Waals surface area contributed by atoms with E-state index in [1.165, 1.54) is 4.90 Å². The van der Waals surface area contributed by atoms with Crippen LogP contribution in [-0.4, -0.2) is 166 Å². The number of carbonyl (C=O) groups is 12. The summed E-state index contributed by atoms with van der Waals surface area (Å²) in [7, 11) is 2.11. The Balaban J connectivity index is 0.00000476. The van der Waals surface area contributed by atoms with Crippen molar-refractivity contribution < 1.29 is 62.6 Å². The maximum absolute atomic E-state index is 14.6. The van der Waals surface area contributed by atoms with Gasteiger partial charge >= 0.3 is 0 Å². The van der Waals surface area contributed by atoms with E-state index in [-0.39, 0.29) is 62.6 Å². The van der Waals surface area contributed by atoms with E-state index in [0.717, 1.165) is 28.5 Å². The van der Waals surface area contributed by atoms with Gasteiger partial charge in [0.25, 0.3) is 5.97 Å². The predicted octanol–water partition coefficient (Wildman–Crippen LogP) is -3.10. The first-order valence-electron chi connectivity index (χ1n) is 25.1. The van der Waals surface area contributed by atoms with Gasteiger partial charge in [-0.1, -0.05) is 86.0 Å². The molecule has 3 unspecified atom stereocenters. The van der Waals surface area contributed by atoms with Gasteiger partial charge in [-0.05, 0) is 56.6 Å². The molecule has 0 bridgehead atoms. The Bertz CT molecular complexity index is 2170. The zero-order valence-corrected chi connectivity index (χ0v) is 45.3. The number of hydrogen-bond donors (Lipinski definition) is 13. The first-order chi connectivity index (χ1) is 35.8. The number of nitrogens with zero attached hydrogens (tertiary/aromatic N) is 1. The summed E-state index contributed by atoms with van der Waals surface area (Å²) in [5, 5.41) is 28.9. The largest absolute Gasteiger partial charge is 0.481 e. The Morgan fingerprint density at radius 1 is 0.776 bits per heavy atom. The van der Waals surface area contributed by atoms with Crippen molar-refractivity contribution in [1.29, 1.82) is 0 Å². The van der Waals surface area contributed by atoms with E-state index in [1.807, 2.05) is 13.8 Å². The molecule has 1 aromatic rings. The molecule has 2 heterocycles. The van der Waals surface area contributed by atoms with Crippen LogP contribution in [-0.2, 0) is 64.0 Å². The van der Waals surface area contributed by atoms with Crippen LogP contribution in [0.5, 0.6) is 0 Å². The van der Waals surface area contributed by atoms with Crippen molar-refractivity contribution in [3.63, 3.8) is 0 Å². The fourth-order valence-corrected chi connectivity index (χ4v) is 10.1. The Morgan fingerprint density at radius 2 is 1.38 bits per heavy atom. The van der Waals surface area contributed by atoms with E-state index in [9.17, 15) is 52.7 Å².